The molecule has 0 unspecified atom stereocenters. The standard InChI is InChI=1S/C12H14N4O2S/c13-15-11-3-1-2-10(12(11)16(17)18)14-6-4-9-5-7-19-8-9/h1-3,5,7-8,14-15H,4,6,13H2. The number of nitrogen functional groups attached to an aromatic ring is 1. The normalized spacial score (nSPS) is 10.2. The van der Waals surface area contributed by atoms with E-state index in [-0.39, 0.29) is 5.69 Å². The van der Waals surface area contributed by atoms with E-state index in [1.54, 1.807) is 29.5 Å². The quantitative estimate of drug-likeness (QED) is 0.429. The Morgan fingerprint density at radius 3 is 2.74 bits per heavy atom. The van der Waals surface area contributed by atoms with E-state index in [2.05, 4.69) is 16.1 Å². The Morgan fingerprint density at radius 1 is 1.32 bits per heavy atom. The van der Waals surface area contributed by atoms with Crippen LogP contribution in [0.1, 0.15) is 5.56 Å². The van der Waals surface area contributed by atoms with Gasteiger partial charge in [0.15, 0.2) is 0 Å². The third-order valence-electron chi connectivity index (χ3n) is 2.68. The number of benzene rings is 1. The summed E-state index contributed by atoms with van der Waals surface area (Å²) in [6.07, 6.45) is 0.820. The largest absolute Gasteiger partial charge is 0.379 e. The Balaban J connectivity index is 2.09. The molecule has 0 spiro atoms. The van der Waals surface area contributed by atoms with Crippen LogP contribution in [-0.4, -0.2) is 11.5 Å². The Hall–Kier alpha value is -2.12. The van der Waals surface area contributed by atoms with E-state index in [9.17, 15) is 10.1 Å². The number of hydrogen-bond donors (Lipinski definition) is 3. The van der Waals surface area contributed by atoms with Gasteiger partial charge in [0, 0.05) is 6.54 Å². The van der Waals surface area contributed by atoms with Crippen molar-refractivity contribution in [1.29, 1.82) is 0 Å². The molecule has 0 amide bonds. The number of anilines is 2. The van der Waals surface area contributed by atoms with Crippen LogP contribution in [0.5, 0.6) is 0 Å². The molecule has 19 heavy (non-hydrogen) atoms. The summed E-state index contributed by atoms with van der Waals surface area (Å²) in [4.78, 5) is 10.6. The van der Waals surface area contributed by atoms with Crippen molar-refractivity contribution in [2.45, 2.75) is 6.42 Å². The van der Waals surface area contributed by atoms with Crippen molar-refractivity contribution >= 4 is 28.4 Å². The number of nitro groups is 1. The third-order valence-corrected chi connectivity index (χ3v) is 3.42. The predicted octanol–water partition coefficient (Wildman–Crippen LogP) is 2.60. The van der Waals surface area contributed by atoms with Gasteiger partial charge in [-0.05, 0) is 40.9 Å². The second-order valence-electron chi connectivity index (χ2n) is 3.91. The summed E-state index contributed by atoms with van der Waals surface area (Å²) in [5.74, 6) is 5.28. The van der Waals surface area contributed by atoms with Gasteiger partial charge in [-0.3, -0.25) is 16.0 Å². The lowest BCUT2D eigenvalue weighted by molar-refractivity contribution is -0.383. The zero-order valence-corrected chi connectivity index (χ0v) is 10.9. The van der Waals surface area contributed by atoms with Crippen LogP contribution in [0.25, 0.3) is 0 Å². The van der Waals surface area contributed by atoms with Crippen molar-refractivity contribution in [2.75, 3.05) is 17.3 Å². The highest BCUT2D eigenvalue weighted by molar-refractivity contribution is 7.07. The van der Waals surface area contributed by atoms with Crippen LogP contribution < -0.4 is 16.6 Å². The Morgan fingerprint density at radius 2 is 2.11 bits per heavy atom. The average molecular weight is 278 g/mol. The van der Waals surface area contributed by atoms with Gasteiger partial charge in [-0.25, -0.2) is 0 Å². The van der Waals surface area contributed by atoms with Crippen LogP contribution >= 0.6 is 11.3 Å². The molecule has 0 aliphatic heterocycles. The maximum Gasteiger partial charge on any atom is 0.316 e. The molecular weight excluding hydrogens is 264 g/mol. The highest BCUT2D eigenvalue weighted by Gasteiger charge is 2.18. The SMILES string of the molecule is NNc1cccc(NCCc2ccsc2)c1[N+](=O)[O-]. The first-order chi connectivity index (χ1) is 9.22. The molecular formula is C12H14N4O2S. The van der Waals surface area contributed by atoms with Crippen molar-refractivity contribution in [1.82, 2.24) is 0 Å². The van der Waals surface area contributed by atoms with Crippen molar-refractivity contribution in [2.24, 2.45) is 5.84 Å². The first kappa shape index (κ1) is 13.3. The molecule has 0 saturated heterocycles. The van der Waals surface area contributed by atoms with Gasteiger partial charge in [-0.2, -0.15) is 11.3 Å². The van der Waals surface area contributed by atoms with E-state index in [1.165, 1.54) is 5.56 Å². The smallest absolute Gasteiger partial charge is 0.316 e. The molecule has 0 saturated carbocycles. The van der Waals surface area contributed by atoms with Crippen LogP contribution in [0.4, 0.5) is 17.1 Å². The summed E-state index contributed by atoms with van der Waals surface area (Å²) >= 11 is 1.64. The highest BCUT2D eigenvalue weighted by atomic mass is 32.1. The molecule has 0 aliphatic rings. The van der Waals surface area contributed by atoms with Crippen LogP contribution in [0.2, 0.25) is 0 Å². The molecule has 7 heteroatoms. The van der Waals surface area contributed by atoms with E-state index < -0.39 is 4.92 Å². The Kier molecular flexibility index (Phi) is 4.32. The minimum Gasteiger partial charge on any atom is -0.379 e. The lowest BCUT2D eigenvalue weighted by Gasteiger charge is -2.09. The van der Waals surface area contributed by atoms with E-state index in [1.807, 2.05) is 11.4 Å². The lowest BCUT2D eigenvalue weighted by Crippen LogP contribution is -2.12. The fraction of sp³-hybridized carbons (Fsp3) is 0.167. The van der Waals surface area contributed by atoms with Crippen LogP contribution in [0.3, 0.4) is 0 Å². The zero-order valence-electron chi connectivity index (χ0n) is 10.1. The van der Waals surface area contributed by atoms with Crippen molar-refractivity contribution in [3.8, 4) is 0 Å². The molecule has 2 rings (SSSR count). The molecule has 0 aliphatic carbocycles. The molecule has 0 radical (unpaired) electrons. The molecule has 2 aromatic rings. The first-order valence-corrected chi connectivity index (χ1v) is 6.65. The summed E-state index contributed by atoms with van der Waals surface area (Å²) in [6, 6.07) is 7.00. The van der Waals surface area contributed by atoms with Gasteiger partial charge in [-0.1, -0.05) is 6.07 Å². The fourth-order valence-corrected chi connectivity index (χ4v) is 2.48. The molecule has 6 nitrogen and oxygen atoms in total. The number of hydrogen-bond acceptors (Lipinski definition) is 6. The van der Waals surface area contributed by atoms with Gasteiger partial charge in [0.05, 0.1) is 4.92 Å². The number of nitrogens with zero attached hydrogens (tertiary/aromatic N) is 1. The van der Waals surface area contributed by atoms with Gasteiger partial charge < -0.3 is 10.7 Å². The number of nitrogens with two attached hydrogens (primary N) is 1. The number of para-hydroxylation sites is 1. The maximum absolute atomic E-state index is 11.1. The maximum atomic E-state index is 11.1. The zero-order chi connectivity index (χ0) is 13.7. The summed E-state index contributed by atoms with van der Waals surface area (Å²) in [5.41, 5.74) is 4.29. The fourth-order valence-electron chi connectivity index (χ4n) is 1.78. The van der Waals surface area contributed by atoms with E-state index in [4.69, 9.17) is 5.84 Å². The third kappa shape index (κ3) is 3.21. The molecule has 1 aromatic carbocycles. The first-order valence-electron chi connectivity index (χ1n) is 5.71. The number of thiophene rings is 1. The van der Waals surface area contributed by atoms with E-state index in [0.717, 1.165) is 6.42 Å². The Labute approximate surface area is 114 Å². The summed E-state index contributed by atoms with van der Waals surface area (Å²) in [5, 5.41) is 18.2. The summed E-state index contributed by atoms with van der Waals surface area (Å²) < 4.78 is 0. The van der Waals surface area contributed by atoms with Gasteiger partial charge in [0.2, 0.25) is 0 Å². The number of nitro benzene ring substituents is 1. The Bertz CT molecular complexity index is 557. The van der Waals surface area contributed by atoms with Crippen molar-refractivity contribution in [3.05, 3.63) is 50.7 Å². The second kappa shape index (κ2) is 6.17. The summed E-state index contributed by atoms with van der Waals surface area (Å²) in [7, 11) is 0. The summed E-state index contributed by atoms with van der Waals surface area (Å²) in [6.45, 7) is 0.631. The lowest BCUT2D eigenvalue weighted by atomic mass is 10.2. The van der Waals surface area contributed by atoms with Crippen LogP contribution in [0, 0.1) is 10.1 Å². The molecule has 0 bridgehead atoms. The molecule has 0 atom stereocenters. The topological polar surface area (TPSA) is 93.2 Å². The molecule has 0 fully saturated rings. The van der Waals surface area contributed by atoms with Crippen LogP contribution in [-0.2, 0) is 6.42 Å². The number of nitrogens with one attached hydrogen (secondary N) is 2. The van der Waals surface area contributed by atoms with Gasteiger partial charge in [-0.15, -0.1) is 0 Å². The predicted molar refractivity (Wildman–Crippen MR) is 77.4 cm³/mol. The second-order valence-corrected chi connectivity index (χ2v) is 4.69. The number of rotatable bonds is 6. The molecule has 1 aromatic heterocycles. The van der Waals surface area contributed by atoms with E-state index >= 15 is 0 Å². The van der Waals surface area contributed by atoms with Crippen molar-refractivity contribution < 1.29 is 4.92 Å². The average Bonchev–Trinajstić information content (AvgIpc) is 2.91. The van der Waals surface area contributed by atoms with Crippen LogP contribution in [0.15, 0.2) is 35.0 Å². The monoisotopic (exact) mass is 278 g/mol. The van der Waals surface area contributed by atoms with Gasteiger partial charge in [0.25, 0.3) is 0 Å². The minimum absolute atomic E-state index is 0.0321. The van der Waals surface area contributed by atoms with Gasteiger partial charge >= 0.3 is 5.69 Å². The molecule has 100 valence electrons. The van der Waals surface area contributed by atoms with E-state index in [0.29, 0.717) is 17.9 Å². The number of hydrazine groups is 1. The van der Waals surface area contributed by atoms with Crippen molar-refractivity contribution in [3.63, 3.8) is 0 Å². The minimum atomic E-state index is -0.442. The highest BCUT2D eigenvalue weighted by Crippen LogP contribution is 2.31. The molecule has 1 heterocycles. The molecule has 4 N–H and O–H groups in total. The van der Waals surface area contributed by atoms with Gasteiger partial charge in [0.1, 0.15) is 11.4 Å².